The van der Waals surface area contributed by atoms with Gasteiger partial charge in [0.25, 0.3) is 10.0 Å². The van der Waals surface area contributed by atoms with E-state index < -0.39 is 44.0 Å². The van der Waals surface area contributed by atoms with Crippen LogP contribution in [-0.2, 0) is 21.4 Å². The number of aromatic nitrogens is 3. The van der Waals surface area contributed by atoms with Crippen LogP contribution in [-0.4, -0.2) is 37.8 Å². The Balaban J connectivity index is 2.03. The molecule has 3 rings (SSSR count). The minimum Gasteiger partial charge on any atom is -0.598 e. The summed E-state index contributed by atoms with van der Waals surface area (Å²) in [5.41, 5.74) is 0.218. The summed E-state index contributed by atoms with van der Waals surface area (Å²) in [6.45, 7) is 6.42. The summed E-state index contributed by atoms with van der Waals surface area (Å²) in [6.07, 6.45) is -2.76. The Bertz CT molecular complexity index is 1190. The molecule has 2 atom stereocenters. The first kappa shape index (κ1) is 23.5. The smallest absolute Gasteiger partial charge is 0.413 e. The van der Waals surface area contributed by atoms with Crippen LogP contribution in [0.1, 0.15) is 38.1 Å². The molecule has 0 saturated carbocycles. The first-order valence-electron chi connectivity index (χ1n) is 9.12. The van der Waals surface area contributed by atoms with Crippen LogP contribution in [0.3, 0.4) is 0 Å². The lowest BCUT2D eigenvalue weighted by Gasteiger charge is -2.28. The lowest BCUT2D eigenvalue weighted by Crippen LogP contribution is -2.46. The van der Waals surface area contributed by atoms with E-state index in [4.69, 9.17) is 0 Å². The molecule has 31 heavy (non-hydrogen) atoms. The van der Waals surface area contributed by atoms with Crippen LogP contribution in [0.5, 0.6) is 0 Å². The zero-order valence-electron chi connectivity index (χ0n) is 17.1. The van der Waals surface area contributed by atoms with E-state index in [1.807, 2.05) is 6.92 Å². The van der Waals surface area contributed by atoms with Crippen molar-refractivity contribution < 1.29 is 26.1 Å². The highest BCUT2D eigenvalue weighted by Crippen LogP contribution is 2.34. The second kappa shape index (κ2) is 8.08. The molecule has 12 heteroatoms. The maximum atomic E-state index is 13.6. The van der Waals surface area contributed by atoms with Gasteiger partial charge in [-0.2, -0.15) is 13.2 Å². The average Bonchev–Trinajstić information content (AvgIpc) is 3.08. The van der Waals surface area contributed by atoms with E-state index in [1.54, 1.807) is 12.1 Å². The Morgan fingerprint density at radius 1 is 1.13 bits per heavy atom. The third-order valence-corrected chi connectivity index (χ3v) is 7.60. The topological polar surface area (TPSA) is 99.9 Å². The summed E-state index contributed by atoms with van der Waals surface area (Å²) in [6, 6.07) is 5.08. The molecule has 7 nitrogen and oxygen atoms in total. The van der Waals surface area contributed by atoms with Crippen LogP contribution in [0.15, 0.2) is 47.6 Å². The second-order valence-electron chi connectivity index (χ2n) is 7.91. The predicted molar refractivity (Wildman–Crippen MR) is 111 cm³/mol. The third kappa shape index (κ3) is 4.86. The van der Waals surface area contributed by atoms with Gasteiger partial charge in [0, 0.05) is 17.6 Å². The van der Waals surface area contributed by atoms with Crippen LogP contribution in [0.2, 0.25) is 0 Å². The van der Waals surface area contributed by atoms with E-state index in [9.17, 15) is 26.1 Å². The number of rotatable bonds is 5. The van der Waals surface area contributed by atoms with Gasteiger partial charge in [0.05, 0.1) is 16.8 Å². The summed E-state index contributed by atoms with van der Waals surface area (Å²) < 4.78 is 81.0. The summed E-state index contributed by atoms with van der Waals surface area (Å²) in [5, 5.41) is 0. The molecule has 0 fully saturated rings. The van der Waals surface area contributed by atoms with Crippen molar-refractivity contribution in [3.63, 3.8) is 0 Å². The van der Waals surface area contributed by atoms with E-state index in [1.165, 1.54) is 45.2 Å². The first-order valence-corrected chi connectivity index (χ1v) is 11.7. The summed E-state index contributed by atoms with van der Waals surface area (Å²) in [4.78, 5) is 7.90. The second-order valence-corrected chi connectivity index (χ2v) is 11.7. The average molecular weight is 475 g/mol. The van der Waals surface area contributed by atoms with Crippen molar-refractivity contribution in [1.82, 2.24) is 18.7 Å². The van der Waals surface area contributed by atoms with E-state index in [-0.39, 0.29) is 16.1 Å². The third-order valence-electron chi connectivity index (χ3n) is 4.36. The minimum atomic E-state index is -4.79. The molecule has 0 aliphatic carbocycles. The van der Waals surface area contributed by atoms with E-state index in [2.05, 4.69) is 14.7 Å². The van der Waals surface area contributed by atoms with Gasteiger partial charge in [0.15, 0.2) is 11.7 Å². The lowest BCUT2D eigenvalue weighted by molar-refractivity contribution is -0.153. The molecule has 2 heterocycles. The highest BCUT2D eigenvalue weighted by atomic mass is 32.2. The number of alkyl halides is 3. The lowest BCUT2D eigenvalue weighted by atomic mass is 10.2. The summed E-state index contributed by atoms with van der Waals surface area (Å²) in [5.74, 6) is 0. The number of hydrogen-bond donors (Lipinski definition) is 1. The number of hydrogen-bond acceptors (Lipinski definition) is 6. The zero-order valence-corrected chi connectivity index (χ0v) is 18.8. The Morgan fingerprint density at radius 3 is 2.29 bits per heavy atom. The molecule has 0 spiro atoms. The first-order chi connectivity index (χ1) is 14.2. The zero-order chi connectivity index (χ0) is 23.2. The summed E-state index contributed by atoms with van der Waals surface area (Å²) in [7, 11) is -4.01. The SMILES string of the molecule is Cc1ccc(S(=O)(=O)n2ccc3nc(C(N[S+]([O-])C(C)(C)C)C(F)(F)F)cnc32)cc1. The van der Waals surface area contributed by atoms with Crippen LogP contribution >= 0.6 is 0 Å². The van der Waals surface area contributed by atoms with Crippen molar-refractivity contribution in [2.75, 3.05) is 0 Å². The van der Waals surface area contributed by atoms with Gasteiger partial charge in [-0.25, -0.2) is 22.4 Å². The van der Waals surface area contributed by atoms with Gasteiger partial charge in [0.2, 0.25) is 0 Å². The van der Waals surface area contributed by atoms with Crippen LogP contribution in [0.25, 0.3) is 11.2 Å². The number of nitrogens with zero attached hydrogens (tertiary/aromatic N) is 3. The Labute approximate surface area is 181 Å². The molecule has 1 N–H and O–H groups in total. The van der Waals surface area contributed by atoms with E-state index in [0.29, 0.717) is 0 Å². The maximum absolute atomic E-state index is 13.6. The van der Waals surface area contributed by atoms with E-state index in [0.717, 1.165) is 15.7 Å². The molecule has 3 aromatic rings. The van der Waals surface area contributed by atoms with Gasteiger partial charge in [-0.15, -0.1) is 4.72 Å². The predicted octanol–water partition coefficient (Wildman–Crippen LogP) is 3.63. The number of fused-ring (bicyclic) bond motifs is 1. The van der Waals surface area contributed by atoms with Gasteiger partial charge < -0.3 is 4.55 Å². The Hall–Kier alpha value is -2.15. The monoisotopic (exact) mass is 474 g/mol. The van der Waals surface area contributed by atoms with Crippen molar-refractivity contribution in [1.29, 1.82) is 0 Å². The van der Waals surface area contributed by atoms with Crippen molar-refractivity contribution in [2.45, 2.75) is 49.6 Å². The molecule has 1 aromatic carbocycles. The number of benzene rings is 1. The molecule has 0 radical (unpaired) electrons. The van der Waals surface area contributed by atoms with Crippen LogP contribution in [0, 0.1) is 6.92 Å². The molecule has 0 aliphatic rings. The van der Waals surface area contributed by atoms with Crippen LogP contribution < -0.4 is 4.72 Å². The number of aryl methyl sites for hydroxylation is 1. The molecule has 2 aromatic heterocycles. The van der Waals surface area contributed by atoms with Crippen molar-refractivity contribution in [3.8, 4) is 0 Å². The molecule has 0 aliphatic heterocycles. The molecule has 0 amide bonds. The van der Waals surface area contributed by atoms with Crippen molar-refractivity contribution in [3.05, 3.63) is 54.0 Å². The quantitative estimate of drug-likeness (QED) is 0.567. The van der Waals surface area contributed by atoms with Gasteiger partial charge in [-0.1, -0.05) is 17.7 Å². The van der Waals surface area contributed by atoms with Gasteiger partial charge >= 0.3 is 6.18 Å². The standard InChI is InChI=1S/C19H21F3N4O3S2/c1-12-5-7-13(8-6-12)31(28,29)26-10-9-14-17(26)23-11-15(24-14)16(19(20,21)22)25-30(27)18(2,3)4/h5-11,16,25H,1-4H3. The fourth-order valence-electron chi connectivity index (χ4n) is 2.64. The largest absolute Gasteiger partial charge is 0.598 e. The Kier molecular flexibility index (Phi) is 6.13. The minimum absolute atomic E-state index is 0.0110. The van der Waals surface area contributed by atoms with E-state index >= 15 is 0 Å². The van der Waals surface area contributed by atoms with Crippen molar-refractivity contribution >= 4 is 32.5 Å². The fourth-order valence-corrected chi connectivity index (χ4v) is 4.76. The fraction of sp³-hybridized carbons (Fsp3) is 0.368. The maximum Gasteiger partial charge on any atom is 0.413 e. The molecular formula is C19H21F3N4O3S2. The number of halogens is 3. The van der Waals surface area contributed by atoms with Crippen molar-refractivity contribution in [2.24, 2.45) is 0 Å². The van der Waals surface area contributed by atoms with Crippen LogP contribution in [0.4, 0.5) is 13.2 Å². The molecular weight excluding hydrogens is 453 g/mol. The molecule has 2 unspecified atom stereocenters. The molecule has 0 bridgehead atoms. The molecule has 0 saturated heterocycles. The Morgan fingerprint density at radius 2 is 1.74 bits per heavy atom. The molecule has 168 valence electrons. The van der Waals surface area contributed by atoms with Gasteiger partial charge in [-0.3, -0.25) is 0 Å². The van der Waals surface area contributed by atoms with Gasteiger partial charge in [0.1, 0.15) is 10.3 Å². The number of nitrogens with one attached hydrogen (secondary N) is 1. The summed E-state index contributed by atoms with van der Waals surface area (Å²) >= 11 is -2.02. The normalized spacial score (nSPS) is 15.2. The van der Waals surface area contributed by atoms with Gasteiger partial charge in [-0.05, 0) is 45.9 Å². The highest BCUT2D eigenvalue weighted by molar-refractivity contribution is 7.90. The highest BCUT2D eigenvalue weighted by Gasteiger charge is 2.47.